The van der Waals surface area contributed by atoms with Crippen LogP contribution >= 0.6 is 0 Å². The first-order chi connectivity index (χ1) is 10.0. The molecule has 2 aromatic rings. The molecule has 0 radical (unpaired) electrons. The van der Waals surface area contributed by atoms with Crippen LogP contribution in [0.2, 0.25) is 0 Å². The zero-order chi connectivity index (χ0) is 15.4. The summed E-state index contributed by atoms with van der Waals surface area (Å²) in [6.45, 7) is 4.34. The predicted octanol–water partition coefficient (Wildman–Crippen LogP) is 2.82. The second kappa shape index (κ2) is 6.67. The van der Waals surface area contributed by atoms with Gasteiger partial charge in [-0.15, -0.1) is 0 Å². The molecule has 1 aromatic carbocycles. The Hall–Kier alpha value is -1.95. The van der Waals surface area contributed by atoms with Crippen molar-refractivity contribution in [3.63, 3.8) is 0 Å². The normalized spacial score (nSPS) is 11.1. The lowest BCUT2D eigenvalue weighted by molar-refractivity contribution is 0.268. The molecular weight excluding hydrogens is 276 g/mol. The minimum absolute atomic E-state index is 0.0177. The quantitative estimate of drug-likeness (QED) is 0.891. The van der Waals surface area contributed by atoms with Crippen LogP contribution in [0.25, 0.3) is 0 Å². The fourth-order valence-corrected chi connectivity index (χ4v) is 1.95. The number of hydrogen-bond donors (Lipinski definition) is 1. The monoisotopic (exact) mass is 295 g/mol. The molecule has 0 saturated carbocycles. The van der Waals surface area contributed by atoms with Gasteiger partial charge < -0.3 is 10.5 Å². The minimum Gasteiger partial charge on any atom is -0.481 e. The summed E-state index contributed by atoms with van der Waals surface area (Å²) in [5.41, 5.74) is 6.51. The van der Waals surface area contributed by atoms with Crippen molar-refractivity contribution in [1.82, 2.24) is 9.78 Å². The summed E-state index contributed by atoms with van der Waals surface area (Å²) < 4.78 is 34.7. The van der Waals surface area contributed by atoms with Gasteiger partial charge in [0.15, 0.2) is 17.4 Å². The van der Waals surface area contributed by atoms with E-state index in [0.717, 1.165) is 0 Å². The summed E-state index contributed by atoms with van der Waals surface area (Å²) in [6, 6.07) is 4.48. The zero-order valence-electron chi connectivity index (χ0n) is 12.1. The summed E-state index contributed by atoms with van der Waals surface area (Å²) in [6.07, 6.45) is 2.23. The molecular formula is C15H19F2N3O. The van der Waals surface area contributed by atoms with E-state index >= 15 is 0 Å². The van der Waals surface area contributed by atoms with Crippen molar-refractivity contribution in [2.75, 3.05) is 6.54 Å². The lowest BCUT2D eigenvalue weighted by Gasteiger charge is -2.09. The molecule has 114 valence electrons. The van der Waals surface area contributed by atoms with Crippen molar-refractivity contribution in [3.05, 3.63) is 47.3 Å². The summed E-state index contributed by atoms with van der Waals surface area (Å²) >= 11 is 0. The fourth-order valence-electron chi connectivity index (χ4n) is 1.95. The topological polar surface area (TPSA) is 53.1 Å². The number of ether oxygens (including phenoxy) is 1. The van der Waals surface area contributed by atoms with Gasteiger partial charge in [-0.3, -0.25) is 4.68 Å². The molecule has 6 heteroatoms. The Morgan fingerprint density at radius 1 is 1.29 bits per heavy atom. The number of benzene rings is 1. The van der Waals surface area contributed by atoms with Crippen molar-refractivity contribution in [2.24, 2.45) is 5.73 Å². The van der Waals surface area contributed by atoms with Crippen molar-refractivity contribution in [2.45, 2.75) is 32.9 Å². The van der Waals surface area contributed by atoms with Crippen molar-refractivity contribution < 1.29 is 13.5 Å². The molecule has 0 bridgehead atoms. The molecule has 1 heterocycles. The van der Waals surface area contributed by atoms with E-state index in [9.17, 15) is 8.78 Å². The van der Waals surface area contributed by atoms with E-state index in [1.165, 1.54) is 12.1 Å². The van der Waals surface area contributed by atoms with Gasteiger partial charge in [0.2, 0.25) is 0 Å². The van der Waals surface area contributed by atoms with Crippen LogP contribution in [0.3, 0.4) is 0 Å². The molecule has 0 atom stereocenters. The number of hydrogen-bond acceptors (Lipinski definition) is 3. The van der Waals surface area contributed by atoms with E-state index < -0.39 is 11.6 Å². The second-order valence-electron chi connectivity index (χ2n) is 5.10. The zero-order valence-corrected chi connectivity index (χ0v) is 12.1. The van der Waals surface area contributed by atoms with Crippen LogP contribution in [0.5, 0.6) is 5.75 Å². The molecule has 0 aliphatic heterocycles. The molecule has 4 nitrogen and oxygen atoms in total. The SMILES string of the molecule is CC(C)n1ccc(COc2c(F)cc(CCN)cc2F)n1. The molecule has 0 fully saturated rings. The highest BCUT2D eigenvalue weighted by Gasteiger charge is 2.13. The lowest BCUT2D eigenvalue weighted by atomic mass is 10.1. The van der Waals surface area contributed by atoms with Crippen LogP contribution in [0, 0.1) is 11.6 Å². The molecule has 0 aliphatic rings. The van der Waals surface area contributed by atoms with Crippen molar-refractivity contribution in [3.8, 4) is 5.75 Å². The highest BCUT2D eigenvalue weighted by atomic mass is 19.1. The lowest BCUT2D eigenvalue weighted by Crippen LogP contribution is -2.06. The van der Waals surface area contributed by atoms with E-state index in [2.05, 4.69) is 5.10 Å². The van der Waals surface area contributed by atoms with Gasteiger partial charge in [-0.1, -0.05) is 0 Å². The third-order valence-corrected chi connectivity index (χ3v) is 3.05. The largest absolute Gasteiger partial charge is 0.481 e. The van der Waals surface area contributed by atoms with Gasteiger partial charge in [-0.25, -0.2) is 8.78 Å². The molecule has 0 spiro atoms. The van der Waals surface area contributed by atoms with Crippen LogP contribution in [-0.2, 0) is 13.0 Å². The van der Waals surface area contributed by atoms with Crippen LogP contribution in [0.1, 0.15) is 31.1 Å². The molecule has 0 aliphatic carbocycles. The van der Waals surface area contributed by atoms with Gasteiger partial charge in [-0.2, -0.15) is 5.10 Å². The summed E-state index contributed by atoms with van der Waals surface area (Å²) in [7, 11) is 0. The van der Waals surface area contributed by atoms with Gasteiger partial charge >= 0.3 is 0 Å². The van der Waals surface area contributed by atoms with Crippen LogP contribution in [0.4, 0.5) is 8.78 Å². The van der Waals surface area contributed by atoms with Crippen molar-refractivity contribution >= 4 is 0 Å². The molecule has 1 aromatic heterocycles. The van der Waals surface area contributed by atoms with Gasteiger partial charge in [0.25, 0.3) is 0 Å². The highest BCUT2D eigenvalue weighted by molar-refractivity contribution is 5.31. The average Bonchev–Trinajstić information content (AvgIpc) is 2.87. The molecule has 21 heavy (non-hydrogen) atoms. The fraction of sp³-hybridized carbons (Fsp3) is 0.400. The molecule has 0 saturated heterocycles. The van der Waals surface area contributed by atoms with Crippen LogP contribution in [-0.4, -0.2) is 16.3 Å². The van der Waals surface area contributed by atoms with Gasteiger partial charge in [0.05, 0.1) is 5.69 Å². The average molecular weight is 295 g/mol. The third kappa shape index (κ3) is 3.78. The highest BCUT2D eigenvalue weighted by Crippen LogP contribution is 2.24. The van der Waals surface area contributed by atoms with Gasteiger partial charge in [0, 0.05) is 12.2 Å². The number of halogens is 2. The second-order valence-corrected chi connectivity index (χ2v) is 5.10. The Bertz CT molecular complexity index is 588. The van der Waals surface area contributed by atoms with E-state index in [0.29, 0.717) is 24.2 Å². The maximum Gasteiger partial charge on any atom is 0.191 e. The van der Waals surface area contributed by atoms with Crippen LogP contribution in [0.15, 0.2) is 24.4 Å². The number of nitrogens with two attached hydrogens (primary N) is 1. The maximum absolute atomic E-state index is 13.8. The summed E-state index contributed by atoms with van der Waals surface area (Å²) in [4.78, 5) is 0. The standard InChI is InChI=1S/C15H19F2N3O/c1-10(2)20-6-4-12(19-20)9-21-15-13(16)7-11(3-5-18)8-14(15)17/h4,6-8,10H,3,5,9,18H2,1-2H3. The van der Waals surface area contributed by atoms with E-state index in [-0.39, 0.29) is 18.4 Å². The Kier molecular flexibility index (Phi) is 4.90. The third-order valence-electron chi connectivity index (χ3n) is 3.05. The Labute approximate surface area is 122 Å². The summed E-state index contributed by atoms with van der Waals surface area (Å²) in [5, 5.41) is 4.26. The number of aromatic nitrogens is 2. The van der Waals surface area contributed by atoms with E-state index in [1.807, 2.05) is 13.8 Å². The molecule has 2 rings (SSSR count). The van der Waals surface area contributed by atoms with Gasteiger partial charge in [-0.05, 0) is 50.6 Å². The van der Waals surface area contributed by atoms with E-state index in [4.69, 9.17) is 10.5 Å². The first-order valence-corrected chi connectivity index (χ1v) is 6.86. The Morgan fingerprint density at radius 2 is 1.95 bits per heavy atom. The first kappa shape index (κ1) is 15.4. The van der Waals surface area contributed by atoms with E-state index in [1.54, 1.807) is 16.9 Å². The molecule has 2 N–H and O–H groups in total. The smallest absolute Gasteiger partial charge is 0.191 e. The minimum atomic E-state index is -0.721. The number of rotatable bonds is 6. The van der Waals surface area contributed by atoms with Crippen molar-refractivity contribution in [1.29, 1.82) is 0 Å². The first-order valence-electron chi connectivity index (χ1n) is 6.86. The number of nitrogens with zero attached hydrogens (tertiary/aromatic N) is 2. The summed E-state index contributed by atoms with van der Waals surface area (Å²) in [5.74, 6) is -1.82. The van der Waals surface area contributed by atoms with Crippen LogP contribution < -0.4 is 10.5 Å². The maximum atomic E-state index is 13.8. The Morgan fingerprint density at radius 3 is 2.48 bits per heavy atom. The molecule has 0 amide bonds. The Balaban J connectivity index is 2.08. The predicted molar refractivity (Wildman–Crippen MR) is 76.1 cm³/mol. The van der Waals surface area contributed by atoms with Gasteiger partial charge in [0.1, 0.15) is 6.61 Å². The molecule has 0 unspecified atom stereocenters.